The Labute approximate surface area is 54.0 Å². The Morgan fingerprint density at radius 2 is 1.90 bits per heavy atom. The highest BCUT2D eigenvalue weighted by Crippen LogP contribution is 2.25. The molecule has 1 unspecified atom stereocenters. The van der Waals surface area contributed by atoms with Crippen LogP contribution in [-0.4, -0.2) is 18.8 Å². The van der Waals surface area contributed by atoms with Gasteiger partial charge in [-0.05, 0) is 0 Å². The molecule has 0 saturated carbocycles. The molecule has 0 aromatic rings. The van der Waals surface area contributed by atoms with Crippen LogP contribution in [-0.2, 0) is 4.79 Å². The van der Waals surface area contributed by atoms with Gasteiger partial charge >= 0.3 is 6.18 Å². The zero-order valence-corrected chi connectivity index (χ0v) is 4.78. The Morgan fingerprint density at radius 1 is 1.50 bits per heavy atom. The maximum absolute atomic E-state index is 11.4. The number of hydrogen-bond donors (Lipinski definition) is 1. The van der Waals surface area contributed by atoms with E-state index in [-0.39, 0.29) is 0 Å². The Balaban J connectivity index is 4.22. The van der Waals surface area contributed by atoms with Gasteiger partial charge in [0.15, 0.2) is 5.92 Å². The molecule has 0 saturated heterocycles. The van der Waals surface area contributed by atoms with Gasteiger partial charge in [-0.3, -0.25) is 4.79 Å². The molecular weight excluding hydrogens is 154 g/mol. The van der Waals surface area contributed by atoms with Crippen LogP contribution in [0.2, 0.25) is 0 Å². The Hall–Kier alpha value is -0.810. The molecule has 0 radical (unpaired) electrons. The maximum atomic E-state index is 11.4. The van der Waals surface area contributed by atoms with E-state index in [1.54, 1.807) is 0 Å². The van der Waals surface area contributed by atoms with Crippen LogP contribution in [0.4, 0.5) is 17.6 Å². The molecule has 1 atom stereocenters. The second kappa shape index (κ2) is 2.85. The van der Waals surface area contributed by atoms with Crippen LogP contribution < -0.4 is 5.73 Å². The lowest BCUT2D eigenvalue weighted by Crippen LogP contribution is -2.37. The Morgan fingerprint density at radius 3 is 1.90 bits per heavy atom. The standard InChI is InChI=1S/C4H5F4NO/c5-1-2(3(9)10)4(6,7)8/h2H,1H2,(H2,9,10). The van der Waals surface area contributed by atoms with Crippen molar-refractivity contribution in [3.63, 3.8) is 0 Å². The molecule has 0 aromatic carbocycles. The highest BCUT2D eigenvalue weighted by molar-refractivity contribution is 5.77. The minimum absolute atomic E-state index is 1.69. The average Bonchev–Trinajstić information content (AvgIpc) is 1.60. The summed E-state index contributed by atoms with van der Waals surface area (Å²) in [6, 6.07) is 0. The number of carbonyl (C=O) groups is 1. The van der Waals surface area contributed by atoms with Crippen LogP contribution in [0.25, 0.3) is 0 Å². The fourth-order valence-electron chi connectivity index (χ4n) is 0.325. The summed E-state index contributed by atoms with van der Waals surface area (Å²) in [7, 11) is 0. The molecule has 0 aliphatic carbocycles. The molecular formula is C4H5F4NO. The lowest BCUT2D eigenvalue weighted by Gasteiger charge is -2.12. The topological polar surface area (TPSA) is 43.1 Å². The van der Waals surface area contributed by atoms with Crippen molar-refractivity contribution in [2.24, 2.45) is 11.7 Å². The van der Waals surface area contributed by atoms with Crippen molar-refractivity contribution < 1.29 is 22.4 Å². The van der Waals surface area contributed by atoms with Gasteiger partial charge in [-0.25, -0.2) is 4.39 Å². The zero-order chi connectivity index (χ0) is 8.36. The molecule has 1 amide bonds. The molecule has 0 heterocycles. The molecule has 2 nitrogen and oxygen atoms in total. The second-order valence-electron chi connectivity index (χ2n) is 1.65. The van der Waals surface area contributed by atoms with Gasteiger partial charge in [-0.2, -0.15) is 13.2 Å². The number of carbonyl (C=O) groups excluding carboxylic acids is 1. The summed E-state index contributed by atoms with van der Waals surface area (Å²) in [5, 5.41) is 0. The summed E-state index contributed by atoms with van der Waals surface area (Å²) in [5.74, 6) is -4.34. The van der Waals surface area contributed by atoms with Crippen LogP contribution in [0.1, 0.15) is 0 Å². The molecule has 6 heteroatoms. The summed E-state index contributed by atoms with van der Waals surface area (Å²) in [6.07, 6.45) is -4.86. The van der Waals surface area contributed by atoms with Crippen molar-refractivity contribution in [2.45, 2.75) is 6.18 Å². The Kier molecular flexibility index (Phi) is 2.62. The summed E-state index contributed by atoms with van der Waals surface area (Å²) < 4.78 is 45.7. The highest BCUT2D eigenvalue weighted by atomic mass is 19.4. The minimum Gasteiger partial charge on any atom is -0.369 e. The third kappa shape index (κ3) is 2.20. The molecule has 0 rings (SSSR count). The number of primary amides is 1. The fraction of sp³-hybridized carbons (Fsp3) is 0.750. The molecule has 0 aliphatic rings. The van der Waals surface area contributed by atoms with Crippen LogP contribution in [0.5, 0.6) is 0 Å². The van der Waals surface area contributed by atoms with Gasteiger partial charge in [0.2, 0.25) is 5.91 Å². The first-order valence-electron chi connectivity index (χ1n) is 2.31. The van der Waals surface area contributed by atoms with Gasteiger partial charge in [0, 0.05) is 0 Å². The Bertz CT molecular complexity index is 132. The quantitative estimate of drug-likeness (QED) is 0.589. The smallest absolute Gasteiger partial charge is 0.369 e. The summed E-state index contributed by atoms with van der Waals surface area (Å²) in [4.78, 5) is 9.84. The van der Waals surface area contributed by atoms with Crippen LogP contribution in [0.15, 0.2) is 0 Å². The normalized spacial score (nSPS) is 14.8. The van der Waals surface area contributed by atoms with Crippen LogP contribution in [0.3, 0.4) is 0 Å². The third-order valence-corrected chi connectivity index (χ3v) is 0.893. The van der Waals surface area contributed by atoms with Gasteiger partial charge in [0.25, 0.3) is 0 Å². The monoisotopic (exact) mass is 159 g/mol. The number of halogens is 4. The van der Waals surface area contributed by atoms with Crippen molar-refractivity contribution in [3.8, 4) is 0 Å². The number of alkyl halides is 4. The largest absolute Gasteiger partial charge is 0.403 e. The molecule has 0 fully saturated rings. The molecule has 0 aromatic heterocycles. The van der Waals surface area contributed by atoms with E-state index in [0.717, 1.165) is 0 Å². The van der Waals surface area contributed by atoms with Gasteiger partial charge in [0.05, 0.1) is 0 Å². The second-order valence-corrected chi connectivity index (χ2v) is 1.65. The molecule has 0 aliphatic heterocycles. The molecule has 60 valence electrons. The summed E-state index contributed by atoms with van der Waals surface area (Å²) >= 11 is 0. The van der Waals surface area contributed by atoms with E-state index >= 15 is 0 Å². The number of nitrogens with two attached hydrogens (primary N) is 1. The fourth-order valence-corrected chi connectivity index (χ4v) is 0.325. The zero-order valence-electron chi connectivity index (χ0n) is 4.78. The first-order chi connectivity index (χ1) is 4.39. The molecule has 10 heavy (non-hydrogen) atoms. The first kappa shape index (κ1) is 9.19. The lowest BCUT2D eigenvalue weighted by atomic mass is 10.1. The van der Waals surface area contributed by atoms with Gasteiger partial charge in [0.1, 0.15) is 6.67 Å². The van der Waals surface area contributed by atoms with Gasteiger partial charge in [-0.15, -0.1) is 0 Å². The lowest BCUT2D eigenvalue weighted by molar-refractivity contribution is -0.183. The van der Waals surface area contributed by atoms with Crippen LogP contribution in [0, 0.1) is 5.92 Å². The van der Waals surface area contributed by atoms with E-state index < -0.39 is 24.7 Å². The first-order valence-corrected chi connectivity index (χ1v) is 2.31. The van der Waals surface area contributed by atoms with Crippen molar-refractivity contribution >= 4 is 5.91 Å². The number of rotatable bonds is 2. The van der Waals surface area contributed by atoms with Crippen molar-refractivity contribution in [1.29, 1.82) is 0 Å². The van der Waals surface area contributed by atoms with Crippen molar-refractivity contribution in [1.82, 2.24) is 0 Å². The predicted molar refractivity (Wildman–Crippen MR) is 24.7 cm³/mol. The van der Waals surface area contributed by atoms with Gasteiger partial charge in [-0.1, -0.05) is 0 Å². The summed E-state index contributed by atoms with van der Waals surface area (Å²) in [5.41, 5.74) is 4.23. The van der Waals surface area contributed by atoms with Crippen molar-refractivity contribution in [3.05, 3.63) is 0 Å². The van der Waals surface area contributed by atoms with E-state index in [4.69, 9.17) is 0 Å². The predicted octanol–water partition coefficient (Wildman–Crippen LogP) is 0.620. The van der Waals surface area contributed by atoms with E-state index in [2.05, 4.69) is 5.73 Å². The third-order valence-electron chi connectivity index (χ3n) is 0.893. The maximum Gasteiger partial charge on any atom is 0.403 e. The SMILES string of the molecule is NC(=O)C(CF)C(F)(F)F. The molecule has 2 N–H and O–H groups in total. The van der Waals surface area contributed by atoms with E-state index in [1.165, 1.54) is 0 Å². The van der Waals surface area contributed by atoms with Gasteiger partial charge < -0.3 is 5.73 Å². The number of amides is 1. The van der Waals surface area contributed by atoms with Crippen molar-refractivity contribution in [2.75, 3.05) is 6.67 Å². The molecule has 0 bridgehead atoms. The van der Waals surface area contributed by atoms with E-state index in [9.17, 15) is 22.4 Å². The van der Waals surface area contributed by atoms with Crippen LogP contribution >= 0.6 is 0 Å². The number of hydrogen-bond acceptors (Lipinski definition) is 1. The molecule has 0 spiro atoms. The van der Waals surface area contributed by atoms with E-state index in [1.807, 2.05) is 0 Å². The highest BCUT2D eigenvalue weighted by Gasteiger charge is 2.43. The summed E-state index contributed by atoms with van der Waals surface area (Å²) in [6.45, 7) is -1.79. The van der Waals surface area contributed by atoms with E-state index in [0.29, 0.717) is 0 Å². The average molecular weight is 159 g/mol. The minimum atomic E-state index is -4.86.